The minimum absolute atomic E-state index is 0. The van der Waals surface area contributed by atoms with Crippen molar-refractivity contribution in [1.82, 2.24) is 0 Å². The Hall–Kier alpha value is 0.471. The molecule has 1 fully saturated rings. The Kier molecular flexibility index (Phi) is 7.96. The summed E-state index contributed by atoms with van der Waals surface area (Å²) in [6, 6.07) is 4.79. The topological polar surface area (TPSA) is 0 Å². The third-order valence-electron chi connectivity index (χ3n) is 5.40. The quantitative estimate of drug-likeness (QED) is 0.552. The van der Waals surface area contributed by atoms with Gasteiger partial charge in [0, 0.05) is 0 Å². The van der Waals surface area contributed by atoms with Crippen molar-refractivity contribution in [3.63, 3.8) is 0 Å². The molecule has 3 aliphatic rings. The van der Waals surface area contributed by atoms with Crippen LogP contribution in [0.4, 0.5) is 0 Å². The second-order valence-corrected chi connectivity index (χ2v) is 15.1. The summed E-state index contributed by atoms with van der Waals surface area (Å²) in [5, 5.41) is 0. The molecule has 0 aromatic carbocycles. The predicted octanol–water partition coefficient (Wildman–Crippen LogP) is -0.213. The summed E-state index contributed by atoms with van der Waals surface area (Å²) < 4.78 is 2.37. The second-order valence-electron chi connectivity index (χ2n) is 6.78. The molecule has 0 amide bonds. The van der Waals surface area contributed by atoms with Crippen LogP contribution in [0.3, 0.4) is 0 Å². The van der Waals surface area contributed by atoms with Gasteiger partial charge in [-0.25, -0.2) is 0 Å². The molecule has 120 valence electrons. The Morgan fingerprint density at radius 3 is 2.50 bits per heavy atom. The van der Waals surface area contributed by atoms with Gasteiger partial charge in [-0.1, -0.05) is 0 Å². The van der Waals surface area contributed by atoms with Crippen molar-refractivity contribution in [1.29, 1.82) is 0 Å². The second kappa shape index (κ2) is 8.53. The zero-order valence-corrected chi connectivity index (χ0v) is 17.7. The molecule has 1 saturated heterocycles. The fourth-order valence-electron chi connectivity index (χ4n) is 4.05. The third-order valence-corrected chi connectivity index (χ3v) is 16.6. The SMILES string of the molecule is CCCC[Si]1([C]2([Ti+2][C]3=CC=CC3)C=CC(C)=C2)CCC1.[Cl-].[Cl-]. The minimum Gasteiger partial charge on any atom is -1.00 e. The number of hydrogen-bond acceptors (Lipinski definition) is 0. The average molecular weight is 389 g/mol. The molecule has 4 heteroatoms. The average Bonchev–Trinajstić information content (AvgIpc) is 3.00. The van der Waals surface area contributed by atoms with Crippen LogP contribution in [-0.2, 0) is 19.2 Å². The van der Waals surface area contributed by atoms with E-state index in [1.807, 2.05) is 0 Å². The molecular formula is C18H26Cl2SiTi. The van der Waals surface area contributed by atoms with Crippen molar-refractivity contribution >= 4 is 8.07 Å². The van der Waals surface area contributed by atoms with E-state index in [1.54, 1.807) is 22.0 Å². The number of hydrogen-bond donors (Lipinski definition) is 0. The van der Waals surface area contributed by atoms with Crippen molar-refractivity contribution in [2.45, 2.75) is 61.0 Å². The summed E-state index contributed by atoms with van der Waals surface area (Å²) in [5.74, 6) is 0. The molecule has 0 spiro atoms. The van der Waals surface area contributed by atoms with Gasteiger partial charge in [-0.05, 0) is 0 Å². The number of halogens is 2. The van der Waals surface area contributed by atoms with E-state index in [-0.39, 0.29) is 44.0 Å². The van der Waals surface area contributed by atoms with Crippen molar-refractivity contribution in [2.24, 2.45) is 0 Å². The van der Waals surface area contributed by atoms with Gasteiger partial charge >= 0.3 is 134 Å². The van der Waals surface area contributed by atoms with Crippen LogP contribution >= 0.6 is 0 Å². The summed E-state index contributed by atoms with van der Waals surface area (Å²) in [5.41, 5.74) is 1.54. The molecule has 2 aliphatic carbocycles. The Bertz CT molecular complexity index is 503. The number of allylic oxidation sites excluding steroid dienone is 8. The van der Waals surface area contributed by atoms with E-state index >= 15 is 0 Å². The summed E-state index contributed by atoms with van der Waals surface area (Å²) in [6.45, 7) is 4.67. The van der Waals surface area contributed by atoms with E-state index in [2.05, 4.69) is 50.3 Å². The molecule has 3 rings (SSSR count). The van der Waals surface area contributed by atoms with E-state index in [0.29, 0.717) is 3.34 Å². The van der Waals surface area contributed by atoms with E-state index in [4.69, 9.17) is 0 Å². The first kappa shape index (κ1) is 20.5. The molecule has 1 atom stereocenters. The van der Waals surface area contributed by atoms with Gasteiger partial charge in [0.2, 0.25) is 0 Å². The van der Waals surface area contributed by atoms with Gasteiger partial charge in [0.05, 0.1) is 0 Å². The summed E-state index contributed by atoms with van der Waals surface area (Å²) in [7, 11) is -1.07. The largest absolute Gasteiger partial charge is 1.00 e. The Morgan fingerprint density at radius 2 is 2.05 bits per heavy atom. The molecule has 0 aromatic heterocycles. The normalized spacial score (nSPS) is 27.2. The first-order valence-corrected chi connectivity index (χ1v) is 12.4. The van der Waals surface area contributed by atoms with Gasteiger partial charge < -0.3 is 24.8 Å². The summed E-state index contributed by atoms with van der Waals surface area (Å²) in [4.78, 5) is 0. The first-order valence-electron chi connectivity index (χ1n) is 8.22. The molecule has 1 aliphatic heterocycles. The Morgan fingerprint density at radius 1 is 1.27 bits per heavy atom. The predicted molar refractivity (Wildman–Crippen MR) is 87.1 cm³/mol. The molecule has 1 heterocycles. The van der Waals surface area contributed by atoms with Crippen molar-refractivity contribution in [3.05, 3.63) is 45.9 Å². The van der Waals surface area contributed by atoms with Crippen molar-refractivity contribution in [3.8, 4) is 0 Å². The van der Waals surface area contributed by atoms with E-state index in [0.717, 1.165) is 0 Å². The molecule has 1 unspecified atom stereocenters. The maximum Gasteiger partial charge on any atom is -1.00 e. The maximum absolute atomic E-state index is 2.72. The van der Waals surface area contributed by atoms with E-state index in [1.165, 1.54) is 31.3 Å². The summed E-state index contributed by atoms with van der Waals surface area (Å²) >= 11 is -0.0213. The molecule has 22 heavy (non-hydrogen) atoms. The van der Waals surface area contributed by atoms with Crippen LogP contribution in [0.15, 0.2) is 45.9 Å². The molecule has 0 nitrogen and oxygen atoms in total. The van der Waals surface area contributed by atoms with Gasteiger partial charge in [-0.2, -0.15) is 0 Å². The van der Waals surface area contributed by atoms with E-state index < -0.39 is 8.07 Å². The van der Waals surface area contributed by atoms with Gasteiger partial charge in [0.15, 0.2) is 0 Å². The molecule has 0 aromatic rings. The van der Waals surface area contributed by atoms with Gasteiger partial charge in [-0.15, -0.1) is 0 Å². The van der Waals surface area contributed by atoms with Crippen LogP contribution < -0.4 is 24.8 Å². The van der Waals surface area contributed by atoms with Crippen LogP contribution in [0, 0.1) is 0 Å². The van der Waals surface area contributed by atoms with Crippen molar-refractivity contribution in [2.75, 3.05) is 0 Å². The standard InChI is InChI=1S/C13H21Si.C5H5.2ClH.Ti/c1-3-4-8-14(9-5-10-14)13-7-6-12(2)11-13;1-2-4-5-3-1;;;/h6-7,11H,3-5,8-10H2,1-2H3;1-3H,4H2;2*1H;/q;;;;+2/p-2. The Balaban J connectivity index is 0.00000121. The molecule has 0 radical (unpaired) electrons. The molecule has 0 bridgehead atoms. The smallest absolute Gasteiger partial charge is 1.00 e. The maximum atomic E-state index is 2.72. The van der Waals surface area contributed by atoms with Crippen LogP contribution in [0.2, 0.25) is 21.5 Å². The Labute approximate surface area is 158 Å². The number of unbranched alkanes of at least 4 members (excludes halogenated alkanes) is 1. The van der Waals surface area contributed by atoms with Crippen LogP contribution in [0.5, 0.6) is 0 Å². The minimum atomic E-state index is -1.07. The molecule has 0 saturated carbocycles. The zero-order valence-electron chi connectivity index (χ0n) is 13.7. The fraction of sp³-hybridized carbons (Fsp3) is 0.556. The van der Waals surface area contributed by atoms with E-state index in [9.17, 15) is 0 Å². The van der Waals surface area contributed by atoms with Crippen molar-refractivity contribution < 1.29 is 44.0 Å². The van der Waals surface area contributed by atoms with Crippen LogP contribution in [0.25, 0.3) is 0 Å². The zero-order chi connectivity index (χ0) is 14.1. The molecular weight excluding hydrogens is 363 g/mol. The van der Waals surface area contributed by atoms with Gasteiger partial charge in [-0.3, -0.25) is 0 Å². The van der Waals surface area contributed by atoms with Gasteiger partial charge in [0.1, 0.15) is 0 Å². The first-order chi connectivity index (χ1) is 9.70. The number of rotatable bonds is 6. The third kappa shape index (κ3) is 3.75. The van der Waals surface area contributed by atoms with Crippen LogP contribution in [-0.4, -0.2) is 8.07 Å². The molecule has 0 N–H and O–H groups in total. The van der Waals surface area contributed by atoms with Crippen LogP contribution in [0.1, 0.15) is 39.5 Å². The fourth-order valence-corrected chi connectivity index (χ4v) is 15.1. The summed E-state index contributed by atoms with van der Waals surface area (Å²) in [6.07, 6.45) is 20.5. The monoisotopic (exact) mass is 388 g/mol. The van der Waals surface area contributed by atoms with Gasteiger partial charge in [0.25, 0.3) is 0 Å².